The Labute approximate surface area is 183 Å². The van der Waals surface area contributed by atoms with Crippen LogP contribution < -0.4 is 21.1 Å². The van der Waals surface area contributed by atoms with E-state index in [9.17, 15) is 14.8 Å². The first-order valence-corrected chi connectivity index (χ1v) is 9.82. The predicted molar refractivity (Wildman–Crippen MR) is 120 cm³/mol. The molecule has 0 saturated carbocycles. The van der Waals surface area contributed by atoms with Crippen molar-refractivity contribution in [2.45, 2.75) is 13.0 Å². The number of hydrogen-bond donors (Lipinski definition) is 3. The van der Waals surface area contributed by atoms with Gasteiger partial charge in [-0.05, 0) is 42.8 Å². The first-order valence-electron chi connectivity index (χ1n) is 9.82. The molecule has 0 spiro atoms. The van der Waals surface area contributed by atoms with Gasteiger partial charge in [-0.15, -0.1) is 0 Å². The van der Waals surface area contributed by atoms with E-state index in [4.69, 9.17) is 5.73 Å². The number of nitrogens with zero attached hydrogens (tertiary/aromatic N) is 3. The molecule has 4 aromatic rings. The Morgan fingerprint density at radius 3 is 2.69 bits per heavy atom. The molecule has 0 aliphatic carbocycles. The topological polar surface area (TPSA) is 137 Å². The van der Waals surface area contributed by atoms with Gasteiger partial charge in [0.15, 0.2) is 12.4 Å². The normalized spacial score (nSPS) is 11.7. The van der Waals surface area contributed by atoms with Crippen LogP contribution in [0.5, 0.6) is 0 Å². The molecule has 2 aromatic carbocycles. The lowest BCUT2D eigenvalue weighted by atomic mass is 10.1. The highest BCUT2D eigenvalue weighted by molar-refractivity contribution is 6.07. The molecule has 0 bridgehead atoms. The van der Waals surface area contributed by atoms with Gasteiger partial charge >= 0.3 is 0 Å². The lowest BCUT2D eigenvalue weighted by molar-refractivity contribution is -0.605. The number of amides is 2. The Hall–Kier alpha value is -4.53. The minimum absolute atomic E-state index is 0.178. The number of para-hydroxylation sites is 1. The number of pyridine rings is 1. The van der Waals surface area contributed by atoms with Crippen LogP contribution in [0.3, 0.4) is 0 Å². The van der Waals surface area contributed by atoms with Crippen LogP contribution >= 0.6 is 0 Å². The lowest BCUT2D eigenvalue weighted by Crippen LogP contribution is -2.27. The van der Waals surface area contributed by atoms with Gasteiger partial charge in [0.1, 0.15) is 17.7 Å². The number of nitrogens with two attached hydrogens (primary N) is 1. The third-order valence-corrected chi connectivity index (χ3v) is 4.97. The number of benzene rings is 2. The lowest BCUT2D eigenvalue weighted by Gasteiger charge is -2.17. The Morgan fingerprint density at radius 1 is 1.09 bits per heavy atom. The number of nitrogens with one attached hydrogen (secondary N) is 2. The molecule has 4 N–H and O–H groups in total. The zero-order chi connectivity index (χ0) is 22.7. The van der Waals surface area contributed by atoms with Crippen LogP contribution in [0.1, 0.15) is 39.2 Å². The summed E-state index contributed by atoms with van der Waals surface area (Å²) in [5.74, 6) is -0.379. The summed E-state index contributed by atoms with van der Waals surface area (Å²) in [4.78, 5) is 32.7. The molecule has 9 heteroatoms. The highest BCUT2D eigenvalue weighted by atomic mass is 16.5. The third kappa shape index (κ3) is 4.31. The SMILES string of the molecule is CC(Nc1ncnc2c(C(N)=O)cccc12)c1cccc(NC(=O)c2ccc[n+]([O-])c2)c1. The Balaban J connectivity index is 1.56. The Bertz CT molecular complexity index is 1320. The summed E-state index contributed by atoms with van der Waals surface area (Å²) in [7, 11) is 0. The average Bonchev–Trinajstić information content (AvgIpc) is 2.79. The van der Waals surface area contributed by atoms with Crippen molar-refractivity contribution in [2.24, 2.45) is 5.73 Å². The van der Waals surface area contributed by atoms with Crippen molar-refractivity contribution in [2.75, 3.05) is 10.6 Å². The summed E-state index contributed by atoms with van der Waals surface area (Å²) >= 11 is 0. The molecule has 0 aliphatic rings. The summed E-state index contributed by atoms with van der Waals surface area (Å²) in [6, 6.07) is 15.4. The molecule has 2 amide bonds. The molecule has 2 aromatic heterocycles. The van der Waals surface area contributed by atoms with Gasteiger partial charge in [0.25, 0.3) is 11.8 Å². The summed E-state index contributed by atoms with van der Waals surface area (Å²) in [5, 5.41) is 18.2. The molecule has 1 unspecified atom stereocenters. The maximum absolute atomic E-state index is 12.4. The summed E-state index contributed by atoms with van der Waals surface area (Å²) in [6.45, 7) is 1.95. The van der Waals surface area contributed by atoms with Crippen molar-refractivity contribution in [1.82, 2.24) is 9.97 Å². The number of rotatable bonds is 6. The van der Waals surface area contributed by atoms with E-state index < -0.39 is 5.91 Å². The van der Waals surface area contributed by atoms with Crippen molar-refractivity contribution in [3.63, 3.8) is 0 Å². The highest BCUT2D eigenvalue weighted by Crippen LogP contribution is 2.27. The van der Waals surface area contributed by atoms with E-state index in [-0.39, 0.29) is 17.5 Å². The van der Waals surface area contributed by atoms with Gasteiger partial charge in [0.05, 0.1) is 17.1 Å². The first-order chi connectivity index (χ1) is 15.4. The fraction of sp³-hybridized carbons (Fsp3) is 0.0870. The van der Waals surface area contributed by atoms with Crippen LogP contribution in [0.15, 0.2) is 73.3 Å². The molecule has 2 heterocycles. The molecular weight excluding hydrogens is 408 g/mol. The van der Waals surface area contributed by atoms with Crippen LogP contribution in [0.2, 0.25) is 0 Å². The van der Waals surface area contributed by atoms with Gasteiger partial charge in [-0.1, -0.05) is 18.2 Å². The van der Waals surface area contributed by atoms with E-state index in [0.717, 1.165) is 5.56 Å². The molecule has 9 nitrogen and oxygen atoms in total. The second-order valence-electron chi connectivity index (χ2n) is 7.19. The largest absolute Gasteiger partial charge is 0.619 e. The van der Waals surface area contributed by atoms with Crippen LogP contribution in [-0.4, -0.2) is 21.8 Å². The maximum atomic E-state index is 12.4. The second-order valence-corrected chi connectivity index (χ2v) is 7.19. The smallest absolute Gasteiger partial charge is 0.261 e. The summed E-state index contributed by atoms with van der Waals surface area (Å²) < 4.78 is 0.576. The van der Waals surface area contributed by atoms with Gasteiger partial charge in [-0.2, -0.15) is 4.73 Å². The number of carbonyl (C=O) groups excluding carboxylic acids is 2. The first kappa shape index (κ1) is 20.7. The van der Waals surface area contributed by atoms with Crippen LogP contribution in [0, 0.1) is 5.21 Å². The van der Waals surface area contributed by atoms with Crippen molar-refractivity contribution in [3.05, 3.63) is 95.2 Å². The van der Waals surface area contributed by atoms with E-state index in [0.29, 0.717) is 32.7 Å². The molecule has 160 valence electrons. The molecule has 4 rings (SSSR count). The van der Waals surface area contributed by atoms with Crippen molar-refractivity contribution >= 4 is 34.2 Å². The van der Waals surface area contributed by atoms with Gasteiger partial charge in [-0.25, -0.2) is 9.97 Å². The van der Waals surface area contributed by atoms with Crippen LogP contribution in [0.4, 0.5) is 11.5 Å². The molecular formula is C23H20N6O3. The van der Waals surface area contributed by atoms with Crippen molar-refractivity contribution in [1.29, 1.82) is 0 Å². The molecule has 0 fully saturated rings. The Kier molecular flexibility index (Phi) is 5.63. The zero-order valence-corrected chi connectivity index (χ0v) is 17.1. The van der Waals surface area contributed by atoms with E-state index in [2.05, 4.69) is 20.6 Å². The monoisotopic (exact) mass is 428 g/mol. The number of primary amides is 1. The number of fused-ring (bicyclic) bond motifs is 1. The van der Waals surface area contributed by atoms with Gasteiger partial charge in [0.2, 0.25) is 0 Å². The standard InChI is InChI=1S/C23H20N6O3/c1-14(27-22-19-9-3-8-18(21(24)30)20(19)25-13-26-22)15-5-2-7-17(11-15)28-23(31)16-6-4-10-29(32)12-16/h2-14H,1H3,(H2,24,30)(H,28,31)(H,25,26,27). The van der Waals surface area contributed by atoms with Crippen LogP contribution in [-0.2, 0) is 0 Å². The fourth-order valence-electron chi connectivity index (χ4n) is 3.37. The van der Waals surface area contributed by atoms with E-state index >= 15 is 0 Å². The summed E-state index contributed by atoms with van der Waals surface area (Å²) in [6.07, 6.45) is 3.90. The van der Waals surface area contributed by atoms with Gasteiger partial charge in [-0.3, -0.25) is 9.59 Å². The van der Waals surface area contributed by atoms with Gasteiger partial charge < -0.3 is 21.6 Å². The number of aromatic nitrogens is 3. The van der Waals surface area contributed by atoms with E-state index in [1.165, 1.54) is 24.8 Å². The quantitative estimate of drug-likeness (QED) is 0.319. The van der Waals surface area contributed by atoms with E-state index in [1.807, 2.05) is 31.2 Å². The Morgan fingerprint density at radius 2 is 1.91 bits per heavy atom. The molecule has 0 radical (unpaired) electrons. The van der Waals surface area contributed by atoms with E-state index in [1.54, 1.807) is 24.3 Å². The molecule has 0 saturated heterocycles. The minimum atomic E-state index is -0.558. The van der Waals surface area contributed by atoms with Crippen LogP contribution in [0.25, 0.3) is 10.9 Å². The fourth-order valence-corrected chi connectivity index (χ4v) is 3.37. The third-order valence-electron chi connectivity index (χ3n) is 4.97. The maximum Gasteiger partial charge on any atom is 0.261 e. The highest BCUT2D eigenvalue weighted by Gasteiger charge is 2.14. The number of anilines is 2. The van der Waals surface area contributed by atoms with Crippen molar-refractivity contribution < 1.29 is 14.3 Å². The van der Waals surface area contributed by atoms with Gasteiger partial charge in [0, 0.05) is 17.1 Å². The molecule has 0 aliphatic heterocycles. The second kappa shape index (κ2) is 8.68. The number of carbonyl (C=O) groups is 2. The average molecular weight is 428 g/mol. The molecule has 32 heavy (non-hydrogen) atoms. The summed E-state index contributed by atoms with van der Waals surface area (Å²) in [5.41, 5.74) is 8.00. The number of hydrogen-bond acceptors (Lipinski definition) is 6. The molecule has 1 atom stereocenters. The predicted octanol–water partition coefficient (Wildman–Crippen LogP) is 2.79. The zero-order valence-electron chi connectivity index (χ0n) is 17.1. The minimum Gasteiger partial charge on any atom is -0.619 e. The van der Waals surface area contributed by atoms with Crippen molar-refractivity contribution in [3.8, 4) is 0 Å².